The average molecular weight is 477 g/mol. The predicted octanol–water partition coefficient (Wildman–Crippen LogP) is 1.01. The summed E-state index contributed by atoms with van der Waals surface area (Å²) in [5, 5.41) is 11.5. The molecule has 2 aliphatic heterocycles. The third-order valence-corrected chi connectivity index (χ3v) is 4.99. The van der Waals surface area contributed by atoms with Crippen LogP contribution >= 0.6 is 24.0 Å². The van der Waals surface area contributed by atoms with E-state index in [-0.39, 0.29) is 24.0 Å². The van der Waals surface area contributed by atoms with Crippen LogP contribution in [0.5, 0.6) is 0 Å². The fraction of sp³-hybridized carbons (Fsp3) is 0.824. The molecule has 9 heteroatoms. The van der Waals surface area contributed by atoms with Gasteiger partial charge >= 0.3 is 0 Å². The Morgan fingerprint density at radius 2 is 2.23 bits per heavy atom. The lowest BCUT2D eigenvalue weighted by molar-refractivity contribution is 0.177. The summed E-state index contributed by atoms with van der Waals surface area (Å²) in [5.41, 5.74) is 0. The first-order chi connectivity index (χ1) is 12.2. The lowest BCUT2D eigenvalue weighted by atomic mass is 10.1. The van der Waals surface area contributed by atoms with E-state index in [1.54, 1.807) is 7.11 Å². The molecule has 26 heavy (non-hydrogen) atoms. The molecule has 2 unspecified atom stereocenters. The first-order valence-electron chi connectivity index (χ1n) is 9.36. The van der Waals surface area contributed by atoms with Gasteiger partial charge in [0, 0.05) is 32.2 Å². The quantitative estimate of drug-likeness (QED) is 0.362. The molecule has 0 radical (unpaired) electrons. The molecule has 0 aromatic carbocycles. The van der Waals surface area contributed by atoms with Crippen molar-refractivity contribution in [1.82, 2.24) is 30.3 Å². The standard InChI is InChI=1S/C17H31N7O.HI/c1-4-18-17(19-10-14-6-5-9-23(14)2)20-13-7-8-16-21-15(12-25-3)22-24(16)11-13;/h13-14H,4-12H2,1-3H3,(H2,18,19,20);1H. The van der Waals surface area contributed by atoms with Crippen LogP contribution in [0.3, 0.4) is 0 Å². The van der Waals surface area contributed by atoms with Gasteiger partial charge in [0.1, 0.15) is 12.4 Å². The van der Waals surface area contributed by atoms with Gasteiger partial charge in [-0.15, -0.1) is 24.0 Å². The average Bonchev–Trinajstić information content (AvgIpc) is 3.18. The summed E-state index contributed by atoms with van der Waals surface area (Å²) in [5.74, 6) is 2.73. The number of hydrogen-bond acceptors (Lipinski definition) is 5. The number of nitrogens with one attached hydrogen (secondary N) is 2. The van der Waals surface area contributed by atoms with Crippen molar-refractivity contribution in [1.29, 1.82) is 0 Å². The van der Waals surface area contributed by atoms with E-state index in [1.807, 2.05) is 4.68 Å². The van der Waals surface area contributed by atoms with Crippen molar-refractivity contribution in [2.75, 3.05) is 33.8 Å². The van der Waals surface area contributed by atoms with Crippen LogP contribution in [-0.4, -0.2) is 71.5 Å². The minimum atomic E-state index is 0. The fourth-order valence-electron chi connectivity index (χ4n) is 3.59. The minimum Gasteiger partial charge on any atom is -0.377 e. The van der Waals surface area contributed by atoms with Crippen molar-refractivity contribution in [2.45, 2.75) is 57.8 Å². The third-order valence-electron chi connectivity index (χ3n) is 4.99. The highest BCUT2D eigenvalue weighted by Gasteiger charge is 2.23. The maximum atomic E-state index is 5.13. The molecular formula is C17H32IN7O. The van der Waals surface area contributed by atoms with E-state index in [2.05, 4.69) is 39.6 Å². The van der Waals surface area contributed by atoms with Crippen molar-refractivity contribution in [2.24, 2.45) is 4.99 Å². The number of aromatic nitrogens is 3. The molecule has 0 amide bonds. The van der Waals surface area contributed by atoms with Gasteiger partial charge in [-0.3, -0.25) is 4.99 Å². The van der Waals surface area contributed by atoms with E-state index < -0.39 is 0 Å². The van der Waals surface area contributed by atoms with Gasteiger partial charge in [-0.2, -0.15) is 5.10 Å². The number of methoxy groups -OCH3 is 1. The lowest BCUT2D eigenvalue weighted by Gasteiger charge is -2.26. The maximum absolute atomic E-state index is 5.13. The van der Waals surface area contributed by atoms with Crippen molar-refractivity contribution in [3.63, 3.8) is 0 Å². The molecule has 1 aromatic heterocycles. The van der Waals surface area contributed by atoms with Gasteiger partial charge in [0.25, 0.3) is 0 Å². The number of aliphatic imine (C=N–C) groups is 1. The number of fused-ring (bicyclic) bond motifs is 1. The number of likely N-dealkylation sites (tertiary alicyclic amines) is 1. The molecule has 148 valence electrons. The van der Waals surface area contributed by atoms with Crippen LogP contribution < -0.4 is 10.6 Å². The van der Waals surface area contributed by atoms with E-state index in [9.17, 15) is 0 Å². The highest BCUT2D eigenvalue weighted by molar-refractivity contribution is 14.0. The van der Waals surface area contributed by atoms with Crippen LogP contribution in [0.2, 0.25) is 0 Å². The van der Waals surface area contributed by atoms with E-state index in [4.69, 9.17) is 9.73 Å². The van der Waals surface area contributed by atoms with Gasteiger partial charge in [-0.25, -0.2) is 9.67 Å². The number of guanidine groups is 1. The number of likely N-dealkylation sites (N-methyl/N-ethyl adjacent to an activating group) is 1. The summed E-state index contributed by atoms with van der Waals surface area (Å²) < 4.78 is 7.14. The van der Waals surface area contributed by atoms with Crippen LogP contribution in [0.1, 0.15) is 37.8 Å². The molecule has 2 N–H and O–H groups in total. The van der Waals surface area contributed by atoms with Crippen LogP contribution in [-0.2, 0) is 24.3 Å². The fourth-order valence-corrected chi connectivity index (χ4v) is 3.59. The second-order valence-corrected chi connectivity index (χ2v) is 6.94. The summed E-state index contributed by atoms with van der Waals surface area (Å²) in [6.45, 7) is 6.30. The Morgan fingerprint density at radius 1 is 1.38 bits per heavy atom. The number of hydrogen-bond donors (Lipinski definition) is 2. The number of halogens is 1. The van der Waals surface area contributed by atoms with E-state index in [0.717, 1.165) is 50.1 Å². The Kier molecular flexibility index (Phi) is 8.55. The van der Waals surface area contributed by atoms with Crippen molar-refractivity contribution >= 4 is 29.9 Å². The van der Waals surface area contributed by atoms with Gasteiger partial charge < -0.3 is 20.3 Å². The van der Waals surface area contributed by atoms with Gasteiger partial charge in [-0.1, -0.05) is 0 Å². The molecule has 3 heterocycles. The highest BCUT2D eigenvalue weighted by atomic mass is 127. The van der Waals surface area contributed by atoms with Crippen LogP contribution in [0.15, 0.2) is 4.99 Å². The summed E-state index contributed by atoms with van der Waals surface area (Å²) in [4.78, 5) is 11.8. The molecule has 3 rings (SSSR count). The first kappa shape index (κ1) is 21.4. The number of aryl methyl sites for hydroxylation is 1. The van der Waals surface area contributed by atoms with E-state index in [1.165, 1.54) is 19.4 Å². The van der Waals surface area contributed by atoms with E-state index in [0.29, 0.717) is 18.7 Å². The summed E-state index contributed by atoms with van der Waals surface area (Å²) >= 11 is 0. The SMILES string of the molecule is CCNC(=NCC1CCCN1C)NC1CCc2nc(COC)nn2C1.I. The van der Waals surface area contributed by atoms with Gasteiger partial charge in [0.05, 0.1) is 13.1 Å². The minimum absolute atomic E-state index is 0. The molecule has 0 aliphatic carbocycles. The Bertz CT molecular complexity index is 592. The van der Waals surface area contributed by atoms with Crippen LogP contribution in [0.25, 0.3) is 0 Å². The Morgan fingerprint density at radius 3 is 2.92 bits per heavy atom. The molecule has 2 aliphatic rings. The zero-order valence-electron chi connectivity index (χ0n) is 16.1. The Labute approximate surface area is 173 Å². The van der Waals surface area contributed by atoms with Gasteiger partial charge in [-0.05, 0) is 39.8 Å². The topological polar surface area (TPSA) is 79.6 Å². The number of nitrogens with zero attached hydrogens (tertiary/aromatic N) is 5. The summed E-state index contributed by atoms with van der Waals surface area (Å²) in [6.07, 6.45) is 4.49. The second-order valence-electron chi connectivity index (χ2n) is 6.94. The smallest absolute Gasteiger partial charge is 0.191 e. The van der Waals surface area contributed by atoms with Gasteiger partial charge in [0.15, 0.2) is 11.8 Å². The molecular weight excluding hydrogens is 445 g/mol. The van der Waals surface area contributed by atoms with Gasteiger partial charge in [0.2, 0.25) is 0 Å². The van der Waals surface area contributed by atoms with Crippen molar-refractivity contribution in [3.05, 3.63) is 11.6 Å². The molecule has 2 atom stereocenters. The van der Waals surface area contributed by atoms with E-state index >= 15 is 0 Å². The molecule has 0 spiro atoms. The number of rotatable bonds is 6. The van der Waals surface area contributed by atoms with Crippen molar-refractivity contribution < 1.29 is 4.74 Å². The Balaban J connectivity index is 0.00000243. The molecule has 0 bridgehead atoms. The van der Waals surface area contributed by atoms with Crippen LogP contribution in [0, 0.1) is 0 Å². The molecule has 1 fully saturated rings. The molecule has 1 aromatic rings. The maximum Gasteiger partial charge on any atom is 0.191 e. The predicted molar refractivity (Wildman–Crippen MR) is 113 cm³/mol. The molecule has 8 nitrogen and oxygen atoms in total. The first-order valence-corrected chi connectivity index (χ1v) is 9.36. The second kappa shape index (κ2) is 10.4. The largest absolute Gasteiger partial charge is 0.377 e. The summed E-state index contributed by atoms with van der Waals surface area (Å²) in [6, 6.07) is 0.893. The number of ether oxygens (including phenoxy) is 1. The Hall–Kier alpha value is -0.940. The summed E-state index contributed by atoms with van der Waals surface area (Å²) in [7, 11) is 3.86. The monoisotopic (exact) mass is 477 g/mol. The molecule has 0 saturated carbocycles. The zero-order chi connectivity index (χ0) is 17.6. The van der Waals surface area contributed by atoms with Crippen LogP contribution in [0.4, 0.5) is 0 Å². The zero-order valence-corrected chi connectivity index (χ0v) is 18.4. The molecule has 1 saturated heterocycles. The lowest BCUT2D eigenvalue weighted by Crippen LogP contribution is -2.47. The highest BCUT2D eigenvalue weighted by Crippen LogP contribution is 2.15. The third kappa shape index (κ3) is 5.53. The normalized spacial score (nSPS) is 23.4. The van der Waals surface area contributed by atoms with Crippen molar-refractivity contribution in [3.8, 4) is 0 Å².